The summed E-state index contributed by atoms with van der Waals surface area (Å²) in [5.74, 6) is -3.12. The van der Waals surface area contributed by atoms with Crippen LogP contribution in [0, 0.1) is 17.8 Å². The number of halogens is 1. The Hall–Kier alpha value is -6.35. The number of nitrogens with two attached hydrogens (primary N) is 1. The van der Waals surface area contributed by atoms with Crippen LogP contribution in [0.3, 0.4) is 0 Å². The number of hydrogen-bond acceptors (Lipinski definition) is 15. The maximum absolute atomic E-state index is 14.4. The Labute approximate surface area is 461 Å². The minimum atomic E-state index is -1.65. The monoisotopic (exact) mass is 1110 g/mol. The number of esters is 1. The quantitative estimate of drug-likeness (QED) is 0.0448. The third-order valence-electron chi connectivity index (χ3n) is 14.8. The number of urea groups is 1. The van der Waals surface area contributed by atoms with Crippen LogP contribution in [-0.2, 0) is 60.6 Å². The average Bonchev–Trinajstić information content (AvgIpc) is 4.16. The Kier molecular flexibility index (Phi) is 22.4. The van der Waals surface area contributed by atoms with Gasteiger partial charge >= 0.3 is 18.1 Å². The number of methoxy groups -OCH3 is 3. The molecule has 9 atom stereocenters. The molecule has 428 valence electrons. The number of primary amides is 1. The average molecular weight is 1110 g/mol. The largest absolute Gasteiger partial charge is 0.495 e. The molecule has 21 heteroatoms. The number of nitrogens with one attached hydrogen (secondary N) is 3. The van der Waals surface area contributed by atoms with Gasteiger partial charge in [0.15, 0.2) is 5.78 Å². The van der Waals surface area contributed by atoms with Crippen molar-refractivity contribution in [1.82, 2.24) is 10.6 Å². The van der Waals surface area contributed by atoms with Gasteiger partial charge in [0.2, 0.25) is 11.8 Å². The number of nitrogens with zero attached hydrogens (tertiary/aromatic N) is 1. The van der Waals surface area contributed by atoms with E-state index in [0.29, 0.717) is 49.1 Å². The number of benzene rings is 2. The highest BCUT2D eigenvalue weighted by molar-refractivity contribution is 6.35. The van der Waals surface area contributed by atoms with Crippen molar-refractivity contribution in [1.29, 1.82) is 0 Å². The van der Waals surface area contributed by atoms with Crippen molar-refractivity contribution in [3.8, 4) is 11.5 Å². The molecule has 0 radical (unpaired) electrons. The minimum Gasteiger partial charge on any atom is -0.495 e. The lowest BCUT2D eigenvalue weighted by atomic mass is 9.78. The van der Waals surface area contributed by atoms with Gasteiger partial charge in [-0.3, -0.25) is 29.3 Å². The van der Waals surface area contributed by atoms with E-state index >= 15 is 0 Å². The fourth-order valence-corrected chi connectivity index (χ4v) is 10.5. The summed E-state index contributed by atoms with van der Waals surface area (Å²) in [5, 5.41) is 20.2. The number of aliphatic hydroxyl groups is 1. The maximum atomic E-state index is 14.4. The molecule has 0 spiro atoms. The Bertz CT molecular complexity index is 2610. The number of allylic oxidation sites excluding steroid dienone is 3. The van der Waals surface area contributed by atoms with E-state index in [1.807, 2.05) is 26.8 Å². The van der Waals surface area contributed by atoms with Crippen LogP contribution in [0.5, 0.6) is 11.5 Å². The second-order valence-corrected chi connectivity index (χ2v) is 21.7. The minimum absolute atomic E-state index is 0.00344. The lowest BCUT2D eigenvalue weighted by Gasteiger charge is -2.41. The molecule has 0 unspecified atom stereocenters. The molecular formula is C57H78ClN5O15. The number of Topliss-reactive ketones (excluding diaryl/α,β-unsaturated/α-hetero) is 3. The van der Waals surface area contributed by atoms with Crippen molar-refractivity contribution < 1.29 is 71.9 Å². The number of hydrogen-bond donors (Lipinski definition) is 5. The van der Waals surface area contributed by atoms with Crippen molar-refractivity contribution in [3.05, 3.63) is 70.3 Å². The number of anilines is 2. The van der Waals surface area contributed by atoms with E-state index in [4.69, 9.17) is 45.8 Å². The molecule has 5 amide bonds. The van der Waals surface area contributed by atoms with Gasteiger partial charge in [-0.25, -0.2) is 9.59 Å². The van der Waals surface area contributed by atoms with Crippen LogP contribution in [0.1, 0.15) is 117 Å². The molecule has 5 rings (SSSR count). The topological polar surface area (TPSA) is 281 Å². The van der Waals surface area contributed by atoms with Gasteiger partial charge in [0, 0.05) is 64.6 Å². The van der Waals surface area contributed by atoms with Gasteiger partial charge in [0.1, 0.15) is 57.6 Å². The first-order valence-electron chi connectivity index (χ1n) is 26.4. The highest BCUT2D eigenvalue weighted by Crippen LogP contribution is 2.50. The van der Waals surface area contributed by atoms with Gasteiger partial charge in [-0.2, -0.15) is 0 Å². The number of ether oxygens (including phenoxy) is 6. The predicted octanol–water partition coefficient (Wildman–Crippen LogP) is 7.06. The van der Waals surface area contributed by atoms with E-state index in [0.717, 1.165) is 11.1 Å². The van der Waals surface area contributed by atoms with E-state index in [1.165, 1.54) is 39.2 Å². The van der Waals surface area contributed by atoms with Crippen molar-refractivity contribution in [2.75, 3.05) is 45.1 Å². The van der Waals surface area contributed by atoms with Crippen molar-refractivity contribution in [3.63, 3.8) is 0 Å². The molecule has 2 saturated heterocycles. The molecule has 4 bridgehead atoms. The van der Waals surface area contributed by atoms with Crippen LogP contribution in [-0.4, -0.2) is 129 Å². The molecule has 2 aromatic rings. The van der Waals surface area contributed by atoms with E-state index in [2.05, 4.69) is 16.0 Å². The zero-order valence-corrected chi connectivity index (χ0v) is 47.3. The number of carbonyl (C=O) groups excluding carboxylic acids is 8. The number of ketones is 3. The third-order valence-corrected chi connectivity index (χ3v) is 15.2. The second kappa shape index (κ2) is 28.0. The van der Waals surface area contributed by atoms with Crippen LogP contribution in [0.25, 0.3) is 0 Å². The van der Waals surface area contributed by atoms with Crippen LogP contribution >= 0.6 is 11.6 Å². The van der Waals surface area contributed by atoms with Crippen LogP contribution in [0.15, 0.2) is 54.1 Å². The Morgan fingerprint density at radius 1 is 1.00 bits per heavy atom. The summed E-state index contributed by atoms with van der Waals surface area (Å²) in [5.41, 5.74) is 4.91. The van der Waals surface area contributed by atoms with E-state index in [9.17, 15) is 43.5 Å². The summed E-state index contributed by atoms with van der Waals surface area (Å²) in [4.78, 5) is 107. The maximum Gasteiger partial charge on any atom is 0.412 e. The van der Waals surface area contributed by atoms with Gasteiger partial charge in [-0.05, 0) is 94.2 Å². The van der Waals surface area contributed by atoms with Crippen molar-refractivity contribution in [2.45, 2.75) is 160 Å². The van der Waals surface area contributed by atoms with E-state index in [1.54, 1.807) is 57.3 Å². The summed E-state index contributed by atoms with van der Waals surface area (Å²) in [6.45, 7) is 10.7. The number of carbonyl (C=O) groups is 8. The highest BCUT2D eigenvalue weighted by atomic mass is 35.5. The summed E-state index contributed by atoms with van der Waals surface area (Å²) in [7, 11) is 5.83. The molecule has 3 aliphatic heterocycles. The normalized spacial score (nSPS) is 25.2. The summed E-state index contributed by atoms with van der Waals surface area (Å²) >= 11 is 6.84. The second-order valence-electron chi connectivity index (χ2n) is 21.3. The molecule has 20 nitrogen and oxygen atoms in total. The number of fused-ring (bicyclic) bond motifs is 5. The van der Waals surface area contributed by atoms with Crippen molar-refractivity contribution >= 4 is 70.2 Å². The first-order chi connectivity index (χ1) is 36.8. The molecule has 0 aromatic heterocycles. The lowest BCUT2D eigenvalue weighted by molar-refractivity contribution is -0.187. The Morgan fingerprint density at radius 3 is 2.36 bits per heavy atom. The van der Waals surface area contributed by atoms with E-state index in [-0.39, 0.29) is 84.8 Å². The predicted molar refractivity (Wildman–Crippen MR) is 291 cm³/mol. The van der Waals surface area contributed by atoms with Crippen molar-refractivity contribution in [2.24, 2.45) is 23.5 Å². The van der Waals surface area contributed by atoms with Gasteiger partial charge in [0.25, 0.3) is 0 Å². The van der Waals surface area contributed by atoms with Crippen LogP contribution in [0.2, 0.25) is 5.02 Å². The van der Waals surface area contributed by atoms with Crippen LogP contribution in [0.4, 0.5) is 21.0 Å². The zero-order chi connectivity index (χ0) is 57.6. The molecular weight excluding hydrogens is 1030 g/mol. The summed E-state index contributed by atoms with van der Waals surface area (Å²) < 4.78 is 35.3. The van der Waals surface area contributed by atoms with Gasteiger partial charge < -0.3 is 59.6 Å². The van der Waals surface area contributed by atoms with Crippen LogP contribution < -0.4 is 36.1 Å². The first kappa shape index (κ1) is 62.5. The third kappa shape index (κ3) is 16.8. The van der Waals surface area contributed by atoms with Gasteiger partial charge in [0.05, 0.1) is 50.6 Å². The molecule has 78 heavy (non-hydrogen) atoms. The lowest BCUT2D eigenvalue weighted by Crippen LogP contribution is -2.53. The summed E-state index contributed by atoms with van der Waals surface area (Å²) in [6.07, 6.45) is 2.18. The first-order valence-corrected chi connectivity index (χ1v) is 26.8. The zero-order valence-electron chi connectivity index (χ0n) is 46.5. The van der Waals surface area contributed by atoms with E-state index < -0.39 is 89.8 Å². The smallest absolute Gasteiger partial charge is 0.412 e. The van der Waals surface area contributed by atoms with Gasteiger partial charge in [-0.15, -0.1) is 0 Å². The fraction of sp³-hybridized carbons (Fsp3) is 0.579. The molecule has 0 aliphatic carbocycles. The number of unbranched alkanes of at least 4 members (excludes halogenated alkanes) is 1. The number of amides is 5. The molecule has 3 heterocycles. The highest BCUT2D eigenvalue weighted by Gasteiger charge is 2.64. The fourth-order valence-electron chi connectivity index (χ4n) is 10.2. The number of epoxide rings is 1. The number of rotatable bonds is 22. The molecule has 6 N–H and O–H groups in total. The molecule has 2 aromatic carbocycles. The van der Waals surface area contributed by atoms with Gasteiger partial charge in [-0.1, -0.05) is 62.2 Å². The standard InChI is InChI=1S/C57H78ClN5O15/c1-32(2)39(28-38(65)17-12-11-16-34(4)64)53(69)61-40(18-14-22-60-54(59)70)43(66)25-36-20-21-41(44(26-36)73-8)62-55(71)77-48-29-49(67)63(7)42-24-37(27-45(74-9)51(42)58)23-33(3)15-13-19-47(75-10)57(72)30-46(76-50(68)31-57)35(5)52-56(48,6)78-52/h13,15,19-21,24,26-27,32,35,39-40,46-48,52,72H,11-12,14,16-18,22-23,25,28-31H2,1-10H3,(H,61,69)(H,62,71)(H3,59,60,70)/b19-13+,33-15+/t35-,39+,40+,46+,47-,48+,52+,56+,57-/m1/s1. The molecule has 2 fully saturated rings. The molecule has 0 saturated carbocycles. The summed E-state index contributed by atoms with van der Waals surface area (Å²) in [6, 6.07) is 6.43. The molecule has 3 aliphatic rings. The Balaban J connectivity index is 1.39. The SMILES string of the molecule is COc1cc(CC(=O)[C@H](CCCNC(N)=O)NC(=O)[C@@H](CC(=O)CCCCC(C)=O)C(C)C)ccc1NC(=O)O[C@H]1CC(=O)N(C)c2cc(cc(OC)c2Cl)C/C(C)=C/C=C/[C@@H](OC)[C@]2(O)CC(=O)O[C@@H](C2)[C@@H](C)[C@@H]2O[C@@]12C. The Morgan fingerprint density at radius 2 is 1.71 bits per heavy atom.